The van der Waals surface area contributed by atoms with Gasteiger partial charge in [0.25, 0.3) is 17.7 Å². The molecular formula is C65H93N9O14S. The smallest absolute Gasteiger partial charge is 0.410 e. The molecule has 7 atom stereocenters. The number of aromatic hydroxyl groups is 1. The number of hydrogen-bond donors (Lipinski definition) is 6. The summed E-state index contributed by atoms with van der Waals surface area (Å²) >= 11 is 1.29. The van der Waals surface area contributed by atoms with Crippen LogP contribution in [0.1, 0.15) is 177 Å². The van der Waals surface area contributed by atoms with Crippen molar-refractivity contribution in [3.63, 3.8) is 0 Å². The van der Waals surface area contributed by atoms with Crippen molar-refractivity contribution < 1.29 is 67.3 Å². The molecule has 3 unspecified atom stereocenters. The second kappa shape index (κ2) is 36.1. The van der Waals surface area contributed by atoms with Gasteiger partial charge in [0.15, 0.2) is 0 Å². The van der Waals surface area contributed by atoms with Crippen molar-refractivity contribution in [1.29, 1.82) is 0 Å². The Bertz CT molecular complexity index is 2910. The van der Waals surface area contributed by atoms with Crippen molar-refractivity contribution in [1.82, 2.24) is 41.0 Å². The Morgan fingerprint density at radius 2 is 1.52 bits per heavy atom. The highest BCUT2D eigenvalue weighted by Gasteiger charge is 2.38. The number of fused-ring (bicyclic) bond motifs is 1. The molecule has 2 aromatic carbocycles. The number of nitrogens with one attached hydrogen (secondary N) is 5. The summed E-state index contributed by atoms with van der Waals surface area (Å²) in [6.45, 7) is 17.8. The Kier molecular flexibility index (Phi) is 29.2. The van der Waals surface area contributed by atoms with E-state index in [1.54, 1.807) is 61.7 Å². The number of anilines is 1. The first-order valence-electron chi connectivity index (χ1n) is 31.3. The number of hydrogen-bond acceptors (Lipinski definition) is 16. The summed E-state index contributed by atoms with van der Waals surface area (Å²) in [5.41, 5.74) is 2.69. The van der Waals surface area contributed by atoms with Crippen LogP contribution in [0.3, 0.4) is 0 Å². The van der Waals surface area contributed by atoms with Gasteiger partial charge in [-0.05, 0) is 104 Å². The van der Waals surface area contributed by atoms with Gasteiger partial charge < -0.3 is 50.8 Å². The molecule has 9 amide bonds. The number of carbonyl (C=O) groups is 10. The van der Waals surface area contributed by atoms with E-state index in [9.17, 15) is 48.3 Å². The summed E-state index contributed by atoms with van der Waals surface area (Å²) in [6, 6.07) is 8.80. The van der Waals surface area contributed by atoms with Gasteiger partial charge >= 0.3 is 12.1 Å². The highest BCUT2D eigenvalue weighted by atomic mass is 32.1. The number of imide groups is 1. The van der Waals surface area contributed by atoms with Crippen LogP contribution in [-0.2, 0) is 65.6 Å². The van der Waals surface area contributed by atoms with Crippen LogP contribution in [0.25, 0.3) is 0 Å². The first kappa shape index (κ1) is 72.0. The molecule has 24 heteroatoms. The lowest BCUT2D eigenvalue weighted by Crippen LogP contribution is -2.57. The number of phenolic OH excluding ortho intramolecular Hbond substituents is 1. The Morgan fingerprint density at radius 3 is 2.16 bits per heavy atom. The number of thiazole rings is 1. The fourth-order valence-electron chi connectivity index (χ4n) is 10.7. The fourth-order valence-corrected chi connectivity index (χ4v) is 11.6. The van der Waals surface area contributed by atoms with E-state index < -0.39 is 65.8 Å². The van der Waals surface area contributed by atoms with Crippen LogP contribution in [0, 0.1) is 17.8 Å². The molecule has 1 aliphatic heterocycles. The van der Waals surface area contributed by atoms with E-state index in [0.717, 1.165) is 16.9 Å². The highest BCUT2D eigenvalue weighted by molar-refractivity contribution is 7.09. The molecule has 2 aliphatic rings. The van der Waals surface area contributed by atoms with E-state index in [1.807, 2.05) is 53.4 Å². The summed E-state index contributed by atoms with van der Waals surface area (Å²) < 4.78 is 17.3. The van der Waals surface area contributed by atoms with Crippen molar-refractivity contribution >= 4 is 76.3 Å². The maximum atomic E-state index is 15.1. The molecule has 2 heterocycles. The number of rotatable bonds is 36. The van der Waals surface area contributed by atoms with Gasteiger partial charge in [-0.1, -0.05) is 99.8 Å². The zero-order valence-electron chi connectivity index (χ0n) is 53.4. The average molecular weight is 1260 g/mol. The highest BCUT2D eigenvalue weighted by Crippen LogP contribution is 2.36. The van der Waals surface area contributed by atoms with Crippen LogP contribution in [0.5, 0.6) is 5.75 Å². The van der Waals surface area contributed by atoms with Crippen molar-refractivity contribution in [2.75, 3.05) is 51.8 Å². The zero-order chi connectivity index (χ0) is 65.3. The second-order valence-corrected chi connectivity index (χ2v) is 24.5. The zero-order valence-corrected chi connectivity index (χ0v) is 54.2. The number of phenols is 1. The van der Waals surface area contributed by atoms with E-state index in [-0.39, 0.29) is 104 Å². The average Bonchev–Trinajstić information content (AvgIpc) is 2.02. The predicted molar refractivity (Wildman–Crippen MR) is 336 cm³/mol. The van der Waals surface area contributed by atoms with Gasteiger partial charge in [0.2, 0.25) is 29.5 Å². The van der Waals surface area contributed by atoms with Gasteiger partial charge in [-0.2, -0.15) is 0 Å². The van der Waals surface area contributed by atoms with E-state index >= 15 is 4.79 Å². The third-order valence-corrected chi connectivity index (χ3v) is 16.8. The number of esters is 1. The first-order chi connectivity index (χ1) is 42.5. The molecule has 0 saturated heterocycles. The standard InChI is InChI=1S/C65H93N9O14S/c1-11-15-29-72(65(85)88-38-43-20-23-45(24-21-43)67-54(77)36-66-61(82)58(41(7)8)70-53(76)19-17-16-18-30-74-56(79)26-27-57(74)80)37-55(78)71-59(42(9)14-4)63(83)73(28-12-2)51(40(5)6)35-52(87-31-13-3)62-69-50(39-89-62)60(81)68-46-32-44-22-25-47(75)34-48(44)49(33-46)64(84)86-10/h20-27,34,39-42,46,49,51-52,58-59,75H,11-19,28-33,35-38H2,1-10H3,(H,66,82)(H,67,77)(H,68,81)(H,70,76)(H,71,78)/t42-,46-,49+,51?,52+,58?,59?/m0/s1. The summed E-state index contributed by atoms with van der Waals surface area (Å²) in [4.78, 5) is 141. The number of methoxy groups -OCH3 is 1. The van der Waals surface area contributed by atoms with Crippen LogP contribution in [0.2, 0.25) is 0 Å². The number of benzene rings is 2. The van der Waals surface area contributed by atoms with Crippen LogP contribution >= 0.6 is 11.3 Å². The largest absolute Gasteiger partial charge is 0.508 e. The van der Waals surface area contributed by atoms with Crippen molar-refractivity contribution in [3.05, 3.63) is 87.4 Å². The topological polar surface area (TPSA) is 301 Å². The number of nitrogens with zero attached hydrogens (tertiary/aromatic N) is 4. The van der Waals surface area contributed by atoms with E-state index in [4.69, 9.17) is 19.2 Å². The summed E-state index contributed by atoms with van der Waals surface area (Å²) in [5.74, 6) is -5.03. The monoisotopic (exact) mass is 1260 g/mol. The third-order valence-electron chi connectivity index (χ3n) is 15.9. The Hall–Kier alpha value is -7.73. The number of carbonyl (C=O) groups excluding carboxylic acids is 10. The molecule has 1 aromatic heterocycles. The number of amides is 9. The molecule has 0 spiro atoms. The lowest BCUT2D eigenvalue weighted by atomic mass is 9.80. The van der Waals surface area contributed by atoms with Gasteiger partial charge in [-0.15, -0.1) is 11.3 Å². The molecular weight excluding hydrogens is 1160 g/mol. The minimum Gasteiger partial charge on any atom is -0.508 e. The molecule has 0 radical (unpaired) electrons. The Labute approximate surface area is 527 Å². The van der Waals surface area contributed by atoms with Crippen LogP contribution in [0.4, 0.5) is 10.5 Å². The molecule has 6 N–H and O–H groups in total. The van der Waals surface area contributed by atoms with Gasteiger partial charge in [0.05, 0.1) is 19.6 Å². The van der Waals surface area contributed by atoms with Crippen molar-refractivity contribution in [2.45, 2.75) is 182 Å². The lowest BCUT2D eigenvalue weighted by Gasteiger charge is -2.39. The normalized spacial score (nSPS) is 16.2. The number of ether oxygens (including phenoxy) is 3. The summed E-state index contributed by atoms with van der Waals surface area (Å²) in [6.07, 6.45) is 7.19. The fraction of sp³-hybridized carbons (Fsp3) is 0.585. The van der Waals surface area contributed by atoms with Gasteiger partial charge in [-0.25, -0.2) is 9.78 Å². The predicted octanol–water partition coefficient (Wildman–Crippen LogP) is 7.62. The van der Waals surface area contributed by atoms with Gasteiger partial charge in [0.1, 0.15) is 47.8 Å². The molecule has 89 heavy (non-hydrogen) atoms. The maximum absolute atomic E-state index is 15.1. The van der Waals surface area contributed by atoms with E-state index in [0.29, 0.717) is 92.8 Å². The molecule has 0 bridgehead atoms. The number of unbranched alkanes of at least 4 members (excludes halogenated alkanes) is 3. The molecule has 0 saturated carbocycles. The molecule has 3 aromatic rings. The Balaban J connectivity index is 1.15. The van der Waals surface area contributed by atoms with Gasteiger partial charge in [-0.3, -0.25) is 53.0 Å². The molecule has 23 nitrogen and oxygen atoms in total. The quantitative estimate of drug-likeness (QED) is 0.0185. The minimum absolute atomic E-state index is 0.0379. The summed E-state index contributed by atoms with van der Waals surface area (Å²) in [7, 11) is 1.31. The van der Waals surface area contributed by atoms with Gasteiger partial charge in [0, 0.05) is 74.4 Å². The van der Waals surface area contributed by atoms with Crippen LogP contribution in [0.15, 0.2) is 60.0 Å². The minimum atomic E-state index is -0.938. The maximum Gasteiger partial charge on any atom is 0.410 e. The second-order valence-electron chi connectivity index (χ2n) is 23.6. The summed E-state index contributed by atoms with van der Waals surface area (Å²) in [5, 5.41) is 26.5. The van der Waals surface area contributed by atoms with Crippen LogP contribution in [-0.4, -0.2) is 155 Å². The Morgan fingerprint density at radius 1 is 0.809 bits per heavy atom. The number of aromatic nitrogens is 1. The molecule has 488 valence electrons. The molecule has 5 rings (SSSR count). The van der Waals surface area contributed by atoms with Crippen molar-refractivity contribution in [3.8, 4) is 5.75 Å². The first-order valence-corrected chi connectivity index (χ1v) is 32.2. The third kappa shape index (κ3) is 21.8. The van der Waals surface area contributed by atoms with Crippen LogP contribution < -0.4 is 26.6 Å². The molecule has 1 aliphatic carbocycles. The lowest BCUT2D eigenvalue weighted by molar-refractivity contribution is -0.143. The van der Waals surface area contributed by atoms with Crippen molar-refractivity contribution in [2.24, 2.45) is 17.8 Å². The SMILES string of the molecule is CCCCN(CC(=O)NC(C(=O)N(CCC)C(C[C@@H](OCCC)c1nc(C(=O)N[C@H]2Cc3ccc(O)cc3[C@H](C(=O)OC)C2)cs1)C(C)C)[C@@H](C)CC)C(=O)OCc1ccc(NC(=O)CNC(=O)C(NC(=O)CCCCCN2C(=O)C=CC2=O)C(C)C)cc1. The molecule has 0 fully saturated rings. The van der Waals surface area contributed by atoms with E-state index in [2.05, 4.69) is 26.6 Å². The van der Waals surface area contributed by atoms with E-state index in [1.165, 1.54) is 35.5 Å².